The maximum atomic E-state index is 10.2. The van der Waals surface area contributed by atoms with Crippen LogP contribution in [0.5, 0.6) is 23.0 Å². The van der Waals surface area contributed by atoms with Gasteiger partial charge in [0.05, 0.1) is 0 Å². The van der Waals surface area contributed by atoms with Crippen molar-refractivity contribution in [3.63, 3.8) is 0 Å². The van der Waals surface area contributed by atoms with Crippen LogP contribution in [0.25, 0.3) is 0 Å². The van der Waals surface area contributed by atoms with Gasteiger partial charge in [0.1, 0.15) is 23.0 Å². The fourth-order valence-corrected chi connectivity index (χ4v) is 2.28. The van der Waals surface area contributed by atoms with Crippen molar-refractivity contribution in [1.82, 2.24) is 0 Å². The maximum Gasteiger partial charge on any atom is 0.134 e. The largest absolute Gasteiger partial charge is 0.508 e. The van der Waals surface area contributed by atoms with E-state index < -0.39 is 0 Å². The molecule has 2 aromatic carbocycles. The van der Waals surface area contributed by atoms with Gasteiger partial charge in [0.15, 0.2) is 0 Å². The van der Waals surface area contributed by atoms with Gasteiger partial charge in [-0.1, -0.05) is 11.6 Å². The van der Waals surface area contributed by atoms with Crippen molar-refractivity contribution >= 4 is 0 Å². The van der Waals surface area contributed by atoms with Crippen molar-refractivity contribution in [2.45, 2.75) is 34.1 Å². The Bertz CT molecular complexity index is 691. The van der Waals surface area contributed by atoms with E-state index in [9.17, 15) is 10.2 Å². The molecule has 2 rings (SSSR count). The summed E-state index contributed by atoms with van der Waals surface area (Å²) in [7, 11) is 0. The van der Waals surface area contributed by atoms with Crippen LogP contribution >= 0.6 is 0 Å². The first kappa shape index (κ1) is 16.0. The van der Waals surface area contributed by atoms with Crippen LogP contribution < -0.4 is 4.74 Å². The van der Waals surface area contributed by atoms with Crippen LogP contribution in [0.1, 0.15) is 30.5 Å². The molecule has 0 aromatic heterocycles. The quantitative estimate of drug-likeness (QED) is 0.780. The van der Waals surface area contributed by atoms with Crippen molar-refractivity contribution in [2.75, 3.05) is 0 Å². The molecular formula is C19H22O3. The third-order valence-electron chi connectivity index (χ3n) is 3.31. The van der Waals surface area contributed by atoms with Crippen molar-refractivity contribution in [1.29, 1.82) is 0 Å². The fraction of sp³-hybridized carbons (Fsp3) is 0.263. The van der Waals surface area contributed by atoms with Crippen molar-refractivity contribution < 1.29 is 14.9 Å². The Labute approximate surface area is 131 Å². The first-order valence-corrected chi connectivity index (χ1v) is 7.29. The van der Waals surface area contributed by atoms with Gasteiger partial charge in [0.25, 0.3) is 0 Å². The summed E-state index contributed by atoms with van der Waals surface area (Å²) >= 11 is 0. The monoisotopic (exact) mass is 298 g/mol. The molecule has 0 fully saturated rings. The van der Waals surface area contributed by atoms with E-state index in [1.54, 1.807) is 18.2 Å². The standard InChI is InChI=1S/C19H22O3/c1-12(2)5-6-17-18(21)9-14(4)10-19(17)22-16-8-13(3)7-15(20)11-16/h5,7-11,20-21H,6H2,1-4H3. The zero-order valence-corrected chi connectivity index (χ0v) is 13.5. The van der Waals surface area contributed by atoms with Gasteiger partial charge in [0.2, 0.25) is 0 Å². The van der Waals surface area contributed by atoms with Crippen LogP contribution in [0, 0.1) is 13.8 Å². The molecule has 0 radical (unpaired) electrons. The number of hydrogen-bond acceptors (Lipinski definition) is 3. The molecule has 116 valence electrons. The second kappa shape index (κ2) is 6.56. The molecular weight excluding hydrogens is 276 g/mol. The number of allylic oxidation sites excluding steroid dienone is 2. The zero-order valence-electron chi connectivity index (χ0n) is 13.5. The summed E-state index contributed by atoms with van der Waals surface area (Å²) in [6.45, 7) is 7.84. The van der Waals surface area contributed by atoms with E-state index in [1.165, 1.54) is 5.57 Å². The van der Waals surface area contributed by atoms with E-state index in [0.717, 1.165) is 16.7 Å². The summed E-state index contributed by atoms with van der Waals surface area (Å²) in [5.74, 6) is 1.56. The van der Waals surface area contributed by atoms with Gasteiger partial charge in [-0.3, -0.25) is 0 Å². The van der Waals surface area contributed by atoms with Gasteiger partial charge in [-0.25, -0.2) is 0 Å². The molecule has 22 heavy (non-hydrogen) atoms. The summed E-state index contributed by atoms with van der Waals surface area (Å²) in [4.78, 5) is 0. The highest BCUT2D eigenvalue weighted by molar-refractivity contribution is 5.50. The highest BCUT2D eigenvalue weighted by Crippen LogP contribution is 2.35. The normalized spacial score (nSPS) is 10.4. The summed E-state index contributed by atoms with van der Waals surface area (Å²) in [5, 5.41) is 19.9. The smallest absolute Gasteiger partial charge is 0.134 e. The number of aromatic hydroxyl groups is 2. The number of ether oxygens (including phenoxy) is 1. The van der Waals surface area contributed by atoms with Gasteiger partial charge < -0.3 is 14.9 Å². The summed E-state index contributed by atoms with van der Waals surface area (Å²) in [6, 6.07) is 8.72. The van der Waals surface area contributed by atoms with Crippen LogP contribution in [0.2, 0.25) is 0 Å². The Balaban J connectivity index is 2.42. The number of phenols is 2. The van der Waals surface area contributed by atoms with Crippen molar-refractivity contribution in [3.8, 4) is 23.0 Å². The molecule has 0 unspecified atom stereocenters. The lowest BCUT2D eigenvalue weighted by Crippen LogP contribution is -1.94. The average molecular weight is 298 g/mol. The molecule has 2 aromatic rings. The second-order valence-corrected chi connectivity index (χ2v) is 5.85. The molecule has 0 aliphatic carbocycles. The minimum atomic E-state index is 0.165. The van der Waals surface area contributed by atoms with Gasteiger partial charge in [0, 0.05) is 11.6 Å². The predicted octanol–water partition coefficient (Wildman–Crippen LogP) is 5.02. The Morgan fingerprint density at radius 1 is 1.00 bits per heavy atom. The molecule has 0 aliphatic heterocycles. The zero-order chi connectivity index (χ0) is 16.3. The van der Waals surface area contributed by atoms with Crippen molar-refractivity contribution in [3.05, 3.63) is 58.7 Å². The predicted molar refractivity (Wildman–Crippen MR) is 88.9 cm³/mol. The molecule has 2 N–H and O–H groups in total. The average Bonchev–Trinajstić information content (AvgIpc) is 2.35. The topological polar surface area (TPSA) is 49.7 Å². The number of rotatable bonds is 4. The Kier molecular flexibility index (Phi) is 4.76. The van der Waals surface area contributed by atoms with Gasteiger partial charge >= 0.3 is 0 Å². The Morgan fingerprint density at radius 2 is 1.68 bits per heavy atom. The lowest BCUT2D eigenvalue weighted by molar-refractivity contribution is 0.438. The molecule has 0 bridgehead atoms. The van der Waals surface area contributed by atoms with Crippen LogP contribution in [-0.4, -0.2) is 10.2 Å². The summed E-state index contributed by atoms with van der Waals surface area (Å²) in [5.41, 5.74) is 3.76. The minimum absolute atomic E-state index is 0.165. The molecule has 0 aliphatic rings. The van der Waals surface area contributed by atoms with E-state index in [1.807, 2.05) is 45.9 Å². The molecule has 3 heteroatoms. The Hall–Kier alpha value is -2.42. The molecule has 0 heterocycles. The highest BCUT2D eigenvalue weighted by Gasteiger charge is 2.11. The van der Waals surface area contributed by atoms with Gasteiger partial charge in [-0.05, 0) is 69.5 Å². The highest BCUT2D eigenvalue weighted by atomic mass is 16.5. The third-order valence-corrected chi connectivity index (χ3v) is 3.31. The van der Waals surface area contributed by atoms with Crippen LogP contribution in [-0.2, 0) is 6.42 Å². The summed E-state index contributed by atoms with van der Waals surface area (Å²) in [6.07, 6.45) is 2.65. The van der Waals surface area contributed by atoms with E-state index in [-0.39, 0.29) is 11.5 Å². The summed E-state index contributed by atoms with van der Waals surface area (Å²) < 4.78 is 5.92. The Morgan fingerprint density at radius 3 is 2.32 bits per heavy atom. The first-order valence-electron chi connectivity index (χ1n) is 7.29. The molecule has 0 saturated heterocycles. The molecule has 0 spiro atoms. The maximum absolute atomic E-state index is 10.2. The van der Waals surface area contributed by atoms with E-state index in [2.05, 4.69) is 0 Å². The lowest BCUT2D eigenvalue weighted by Gasteiger charge is -2.14. The number of phenolic OH excluding ortho intramolecular Hbond substituents is 2. The third kappa shape index (κ3) is 4.04. The van der Waals surface area contributed by atoms with Crippen LogP contribution in [0.15, 0.2) is 42.0 Å². The van der Waals surface area contributed by atoms with E-state index >= 15 is 0 Å². The van der Waals surface area contributed by atoms with Crippen LogP contribution in [0.4, 0.5) is 0 Å². The van der Waals surface area contributed by atoms with Gasteiger partial charge in [-0.2, -0.15) is 0 Å². The van der Waals surface area contributed by atoms with Crippen molar-refractivity contribution in [2.24, 2.45) is 0 Å². The molecule has 0 amide bonds. The number of hydrogen-bond donors (Lipinski definition) is 2. The molecule has 0 saturated carbocycles. The molecule has 3 nitrogen and oxygen atoms in total. The van der Waals surface area contributed by atoms with Crippen LogP contribution in [0.3, 0.4) is 0 Å². The fourth-order valence-electron chi connectivity index (χ4n) is 2.28. The molecule has 0 atom stereocenters. The first-order chi connectivity index (χ1) is 10.3. The second-order valence-electron chi connectivity index (χ2n) is 5.85. The lowest BCUT2D eigenvalue weighted by atomic mass is 10.0. The van der Waals surface area contributed by atoms with E-state index in [4.69, 9.17) is 4.74 Å². The number of aryl methyl sites for hydroxylation is 2. The SMILES string of the molecule is CC(C)=CCc1c(O)cc(C)cc1Oc1cc(C)cc(O)c1. The van der Waals surface area contributed by atoms with Gasteiger partial charge in [-0.15, -0.1) is 0 Å². The number of benzene rings is 2. The van der Waals surface area contributed by atoms with E-state index in [0.29, 0.717) is 17.9 Å². The minimum Gasteiger partial charge on any atom is -0.508 e.